The van der Waals surface area contributed by atoms with E-state index in [4.69, 9.17) is 15.7 Å². The molecule has 0 aromatic heterocycles. The van der Waals surface area contributed by atoms with Crippen molar-refractivity contribution in [2.24, 2.45) is 10.9 Å². The van der Waals surface area contributed by atoms with E-state index in [-0.39, 0.29) is 5.84 Å². The Labute approximate surface area is 76.6 Å². The van der Waals surface area contributed by atoms with Gasteiger partial charge in [-0.1, -0.05) is 5.16 Å². The topological polar surface area (TPSA) is 67.8 Å². The van der Waals surface area contributed by atoms with E-state index in [1.54, 1.807) is 24.3 Å². The summed E-state index contributed by atoms with van der Waals surface area (Å²) in [6.45, 7) is 2.54. The number of nitrogens with zero attached hydrogens (tertiary/aromatic N) is 1. The summed E-state index contributed by atoms with van der Waals surface area (Å²) in [6.07, 6.45) is 0. The van der Waals surface area contributed by atoms with Gasteiger partial charge in [0.1, 0.15) is 5.75 Å². The number of oxime groups is 1. The van der Waals surface area contributed by atoms with Crippen LogP contribution in [0.1, 0.15) is 12.5 Å². The molecule has 13 heavy (non-hydrogen) atoms. The SMILES string of the molecule is CCOc1ccc(/C(N)=N/O)cc1. The molecular formula is C9H12N2O2. The maximum absolute atomic E-state index is 8.39. The van der Waals surface area contributed by atoms with Gasteiger partial charge in [0.25, 0.3) is 0 Å². The van der Waals surface area contributed by atoms with Crippen LogP contribution < -0.4 is 10.5 Å². The lowest BCUT2D eigenvalue weighted by Crippen LogP contribution is -2.12. The van der Waals surface area contributed by atoms with Gasteiger partial charge in [-0.25, -0.2) is 0 Å². The van der Waals surface area contributed by atoms with Crippen LogP contribution in [0.15, 0.2) is 29.4 Å². The Kier molecular flexibility index (Phi) is 3.14. The highest BCUT2D eigenvalue weighted by atomic mass is 16.5. The normalized spacial score (nSPS) is 11.3. The van der Waals surface area contributed by atoms with Crippen LogP contribution in [0.25, 0.3) is 0 Å². The van der Waals surface area contributed by atoms with Crippen molar-refractivity contribution in [3.8, 4) is 5.75 Å². The van der Waals surface area contributed by atoms with Crippen LogP contribution in [0.4, 0.5) is 0 Å². The third-order valence-electron chi connectivity index (χ3n) is 1.57. The first-order chi connectivity index (χ1) is 6.27. The molecule has 70 valence electrons. The molecule has 0 aliphatic rings. The smallest absolute Gasteiger partial charge is 0.170 e. The Hall–Kier alpha value is -1.71. The summed E-state index contributed by atoms with van der Waals surface area (Å²) in [4.78, 5) is 0. The minimum absolute atomic E-state index is 0.100. The molecule has 0 unspecified atom stereocenters. The van der Waals surface area contributed by atoms with Crippen molar-refractivity contribution in [2.45, 2.75) is 6.92 Å². The van der Waals surface area contributed by atoms with Gasteiger partial charge in [0.15, 0.2) is 5.84 Å². The molecule has 3 N–H and O–H groups in total. The van der Waals surface area contributed by atoms with E-state index in [0.29, 0.717) is 12.2 Å². The standard InChI is InChI=1S/C9H12N2O2/c1-2-13-8-5-3-7(4-6-8)9(10)11-12/h3-6,12H,2H2,1H3,(H2,10,11). The Morgan fingerprint density at radius 1 is 1.46 bits per heavy atom. The van der Waals surface area contributed by atoms with Gasteiger partial charge in [-0.15, -0.1) is 0 Å². The molecule has 0 bridgehead atoms. The van der Waals surface area contributed by atoms with Crippen molar-refractivity contribution in [3.05, 3.63) is 29.8 Å². The molecule has 0 radical (unpaired) electrons. The minimum atomic E-state index is 0.100. The molecule has 4 nitrogen and oxygen atoms in total. The molecule has 0 saturated heterocycles. The lowest BCUT2D eigenvalue weighted by molar-refractivity contribution is 0.318. The van der Waals surface area contributed by atoms with Crippen LogP contribution in [0.2, 0.25) is 0 Å². The summed E-state index contributed by atoms with van der Waals surface area (Å²) in [5, 5.41) is 11.3. The number of hydrogen-bond donors (Lipinski definition) is 2. The fourth-order valence-corrected chi connectivity index (χ4v) is 0.946. The molecule has 0 saturated carbocycles. The van der Waals surface area contributed by atoms with Gasteiger partial charge in [-0.3, -0.25) is 0 Å². The highest BCUT2D eigenvalue weighted by Gasteiger charge is 1.98. The number of rotatable bonds is 3. The zero-order chi connectivity index (χ0) is 9.68. The lowest BCUT2D eigenvalue weighted by atomic mass is 10.2. The minimum Gasteiger partial charge on any atom is -0.494 e. The summed E-state index contributed by atoms with van der Waals surface area (Å²) in [7, 11) is 0. The molecule has 1 aromatic rings. The second-order valence-corrected chi connectivity index (χ2v) is 2.44. The predicted molar refractivity (Wildman–Crippen MR) is 50.1 cm³/mol. The van der Waals surface area contributed by atoms with E-state index >= 15 is 0 Å². The summed E-state index contributed by atoms with van der Waals surface area (Å²) < 4.78 is 5.23. The van der Waals surface area contributed by atoms with E-state index in [9.17, 15) is 0 Å². The predicted octanol–water partition coefficient (Wildman–Crippen LogP) is 1.18. The highest BCUT2D eigenvalue weighted by Crippen LogP contribution is 2.11. The first-order valence-corrected chi connectivity index (χ1v) is 3.98. The Morgan fingerprint density at radius 2 is 2.08 bits per heavy atom. The first kappa shape index (κ1) is 9.38. The van der Waals surface area contributed by atoms with Gasteiger partial charge in [0, 0.05) is 5.56 Å². The Bertz CT molecular complexity index is 293. The Balaban J connectivity index is 2.81. The fraction of sp³-hybridized carbons (Fsp3) is 0.222. The number of nitrogens with two attached hydrogens (primary N) is 1. The van der Waals surface area contributed by atoms with Crippen LogP contribution >= 0.6 is 0 Å². The largest absolute Gasteiger partial charge is 0.494 e. The molecule has 0 heterocycles. The third kappa shape index (κ3) is 2.37. The number of benzene rings is 1. The average molecular weight is 180 g/mol. The summed E-state index contributed by atoms with van der Waals surface area (Å²) in [5.41, 5.74) is 6.05. The zero-order valence-electron chi connectivity index (χ0n) is 7.40. The Morgan fingerprint density at radius 3 is 2.54 bits per heavy atom. The fourth-order valence-electron chi connectivity index (χ4n) is 0.946. The van der Waals surface area contributed by atoms with Gasteiger partial charge < -0.3 is 15.7 Å². The highest BCUT2D eigenvalue weighted by molar-refractivity contribution is 5.97. The van der Waals surface area contributed by atoms with Crippen LogP contribution in [0.5, 0.6) is 5.75 Å². The molecule has 0 atom stereocenters. The molecule has 1 aromatic carbocycles. The summed E-state index contributed by atoms with van der Waals surface area (Å²) >= 11 is 0. The zero-order valence-corrected chi connectivity index (χ0v) is 7.40. The van der Waals surface area contributed by atoms with E-state index in [0.717, 1.165) is 5.75 Å². The number of hydrogen-bond acceptors (Lipinski definition) is 3. The first-order valence-electron chi connectivity index (χ1n) is 3.98. The second-order valence-electron chi connectivity index (χ2n) is 2.44. The van der Waals surface area contributed by atoms with Gasteiger partial charge in [-0.05, 0) is 31.2 Å². The molecule has 0 fully saturated rings. The van der Waals surface area contributed by atoms with Crippen molar-refractivity contribution in [2.75, 3.05) is 6.61 Å². The lowest BCUT2D eigenvalue weighted by Gasteiger charge is -2.03. The molecule has 0 amide bonds. The number of ether oxygens (including phenoxy) is 1. The van der Waals surface area contributed by atoms with Gasteiger partial charge in [0.2, 0.25) is 0 Å². The van der Waals surface area contributed by atoms with E-state index in [1.165, 1.54) is 0 Å². The molecule has 0 spiro atoms. The summed E-state index contributed by atoms with van der Waals surface area (Å²) in [6, 6.07) is 7.02. The van der Waals surface area contributed by atoms with E-state index < -0.39 is 0 Å². The molecule has 1 rings (SSSR count). The van der Waals surface area contributed by atoms with Crippen LogP contribution in [-0.2, 0) is 0 Å². The average Bonchev–Trinajstić information content (AvgIpc) is 2.18. The molecule has 0 aliphatic carbocycles. The quantitative estimate of drug-likeness (QED) is 0.317. The van der Waals surface area contributed by atoms with Crippen molar-refractivity contribution >= 4 is 5.84 Å². The molecular weight excluding hydrogens is 168 g/mol. The van der Waals surface area contributed by atoms with Crippen LogP contribution in [0.3, 0.4) is 0 Å². The molecule has 4 heteroatoms. The van der Waals surface area contributed by atoms with Gasteiger partial charge in [-0.2, -0.15) is 0 Å². The summed E-state index contributed by atoms with van der Waals surface area (Å²) in [5.74, 6) is 0.875. The van der Waals surface area contributed by atoms with E-state index in [1.807, 2.05) is 6.92 Å². The van der Waals surface area contributed by atoms with Crippen molar-refractivity contribution in [1.29, 1.82) is 0 Å². The maximum atomic E-state index is 8.39. The van der Waals surface area contributed by atoms with E-state index in [2.05, 4.69) is 5.16 Å². The maximum Gasteiger partial charge on any atom is 0.170 e. The monoisotopic (exact) mass is 180 g/mol. The van der Waals surface area contributed by atoms with Crippen molar-refractivity contribution < 1.29 is 9.94 Å². The van der Waals surface area contributed by atoms with Crippen molar-refractivity contribution in [1.82, 2.24) is 0 Å². The molecule has 0 aliphatic heterocycles. The van der Waals surface area contributed by atoms with Crippen LogP contribution in [0, 0.1) is 0 Å². The van der Waals surface area contributed by atoms with Gasteiger partial charge >= 0.3 is 0 Å². The van der Waals surface area contributed by atoms with Gasteiger partial charge in [0.05, 0.1) is 6.61 Å². The van der Waals surface area contributed by atoms with Crippen LogP contribution in [-0.4, -0.2) is 17.6 Å². The second kappa shape index (κ2) is 4.35. The number of amidine groups is 1. The van der Waals surface area contributed by atoms with Crippen molar-refractivity contribution in [3.63, 3.8) is 0 Å². The third-order valence-corrected chi connectivity index (χ3v) is 1.57.